The lowest BCUT2D eigenvalue weighted by Crippen LogP contribution is -2.77. The van der Waals surface area contributed by atoms with Crippen molar-refractivity contribution in [2.24, 2.45) is 16.7 Å². The van der Waals surface area contributed by atoms with Crippen LogP contribution in [0.15, 0.2) is 0 Å². The summed E-state index contributed by atoms with van der Waals surface area (Å²) in [6, 6.07) is 0. The van der Waals surface area contributed by atoms with Crippen molar-refractivity contribution in [2.45, 2.75) is 65.1 Å². The van der Waals surface area contributed by atoms with Gasteiger partial charge in [-0.25, -0.2) is 0 Å². The van der Waals surface area contributed by atoms with E-state index in [9.17, 15) is 4.79 Å². The largest absolute Gasteiger partial charge is 0.385 e. The third kappa shape index (κ3) is 3.47. The number of hydrogen-bond donors (Lipinski definition) is 0. The topological polar surface area (TPSA) is 48.0 Å². The Hall–Kier alpha value is -0.650. The van der Waals surface area contributed by atoms with Gasteiger partial charge in [0.05, 0.1) is 24.2 Å². The standard InChI is InChI=1S/C20H35NO4/c1-15(2)25-17-10-21(11-17)18(22)20-12-19(13-20,16(20)3)14-24-9-7-5-6-8-23-4/h15-17H,5-14H2,1-4H3/t16-,19?,20?/m1/s1. The van der Waals surface area contributed by atoms with E-state index in [4.69, 9.17) is 14.2 Å². The molecule has 3 aliphatic carbocycles. The predicted octanol–water partition coefficient (Wildman–Crippen LogP) is 2.87. The fourth-order valence-electron chi connectivity index (χ4n) is 5.00. The molecule has 1 atom stereocenters. The molecule has 1 saturated heterocycles. The van der Waals surface area contributed by atoms with Gasteiger partial charge in [0.25, 0.3) is 0 Å². The van der Waals surface area contributed by atoms with Crippen LogP contribution >= 0.6 is 0 Å². The van der Waals surface area contributed by atoms with Crippen LogP contribution in [0.4, 0.5) is 0 Å². The van der Waals surface area contributed by atoms with E-state index in [1.807, 2.05) is 4.90 Å². The number of carbonyl (C=O) groups is 1. The van der Waals surface area contributed by atoms with Gasteiger partial charge in [-0.1, -0.05) is 6.92 Å². The fourth-order valence-corrected chi connectivity index (χ4v) is 5.00. The number of methoxy groups -OCH3 is 1. The molecule has 0 aromatic carbocycles. The molecule has 5 heteroatoms. The molecular weight excluding hydrogens is 318 g/mol. The lowest BCUT2D eigenvalue weighted by atomic mass is 9.29. The van der Waals surface area contributed by atoms with Gasteiger partial charge in [-0.3, -0.25) is 4.79 Å². The predicted molar refractivity (Wildman–Crippen MR) is 96.4 cm³/mol. The quantitative estimate of drug-likeness (QED) is 0.536. The molecule has 0 unspecified atom stereocenters. The van der Waals surface area contributed by atoms with Crippen LogP contribution in [0.3, 0.4) is 0 Å². The normalized spacial score (nSPS) is 33.8. The molecule has 4 rings (SSSR count). The van der Waals surface area contributed by atoms with E-state index in [-0.39, 0.29) is 23.0 Å². The second-order valence-corrected chi connectivity index (χ2v) is 8.72. The van der Waals surface area contributed by atoms with Gasteiger partial charge in [0.1, 0.15) is 0 Å². The van der Waals surface area contributed by atoms with Crippen LogP contribution in [0, 0.1) is 16.7 Å². The first-order valence-electron chi connectivity index (χ1n) is 9.95. The molecule has 144 valence electrons. The highest BCUT2D eigenvalue weighted by Gasteiger charge is 2.77. The van der Waals surface area contributed by atoms with Gasteiger partial charge in [-0.2, -0.15) is 0 Å². The van der Waals surface area contributed by atoms with Crippen LogP contribution in [0.5, 0.6) is 0 Å². The van der Waals surface area contributed by atoms with Crippen molar-refractivity contribution in [3.8, 4) is 0 Å². The van der Waals surface area contributed by atoms with Crippen molar-refractivity contribution in [3.63, 3.8) is 0 Å². The van der Waals surface area contributed by atoms with E-state index in [1.165, 1.54) is 0 Å². The average molecular weight is 354 g/mol. The third-order valence-corrected chi connectivity index (χ3v) is 6.63. The molecular formula is C20H35NO4. The van der Waals surface area contributed by atoms with Gasteiger partial charge in [0, 0.05) is 33.4 Å². The molecule has 0 N–H and O–H groups in total. The Morgan fingerprint density at radius 2 is 1.84 bits per heavy atom. The molecule has 4 aliphatic rings. The lowest BCUT2D eigenvalue weighted by molar-refractivity contribution is -0.284. The van der Waals surface area contributed by atoms with Gasteiger partial charge in [-0.05, 0) is 57.3 Å². The van der Waals surface area contributed by atoms with Crippen molar-refractivity contribution in [2.75, 3.05) is 40.0 Å². The molecule has 1 aliphatic heterocycles. The Labute approximate surface area is 152 Å². The van der Waals surface area contributed by atoms with Gasteiger partial charge in [0.15, 0.2) is 0 Å². The van der Waals surface area contributed by atoms with Gasteiger partial charge < -0.3 is 19.1 Å². The number of likely N-dealkylation sites (tertiary alicyclic amines) is 1. The number of carbonyl (C=O) groups excluding carboxylic acids is 1. The van der Waals surface area contributed by atoms with Crippen molar-refractivity contribution in [3.05, 3.63) is 0 Å². The number of rotatable bonds is 11. The molecule has 1 heterocycles. The Balaban J connectivity index is 1.33. The first-order valence-corrected chi connectivity index (χ1v) is 9.95. The first kappa shape index (κ1) is 19.1. The second-order valence-electron chi connectivity index (χ2n) is 8.72. The Morgan fingerprint density at radius 3 is 2.44 bits per heavy atom. The molecule has 25 heavy (non-hydrogen) atoms. The maximum atomic E-state index is 12.8. The molecule has 1 amide bonds. The summed E-state index contributed by atoms with van der Waals surface area (Å²) in [5.41, 5.74) is 0.200. The summed E-state index contributed by atoms with van der Waals surface area (Å²) in [5, 5.41) is 0. The van der Waals surface area contributed by atoms with E-state index < -0.39 is 0 Å². The van der Waals surface area contributed by atoms with Crippen molar-refractivity contribution in [1.82, 2.24) is 4.90 Å². The van der Waals surface area contributed by atoms with Crippen molar-refractivity contribution < 1.29 is 19.0 Å². The first-order chi connectivity index (χ1) is 11.9. The Bertz CT molecular complexity index is 466. The number of unbranched alkanes of at least 4 members (excludes halogenated alkanes) is 2. The number of ether oxygens (including phenoxy) is 3. The Morgan fingerprint density at radius 1 is 1.16 bits per heavy atom. The third-order valence-electron chi connectivity index (χ3n) is 6.63. The molecule has 3 saturated carbocycles. The number of amides is 1. The van der Waals surface area contributed by atoms with Gasteiger partial charge in [0.2, 0.25) is 5.91 Å². The zero-order chi connectivity index (χ0) is 18.1. The van der Waals surface area contributed by atoms with Crippen LogP contribution in [0.2, 0.25) is 0 Å². The van der Waals surface area contributed by atoms with E-state index in [0.717, 1.165) is 65.0 Å². The highest BCUT2D eigenvalue weighted by Crippen LogP contribution is 2.77. The smallest absolute Gasteiger partial charge is 0.229 e. The summed E-state index contributed by atoms with van der Waals surface area (Å²) in [4.78, 5) is 14.8. The van der Waals surface area contributed by atoms with E-state index in [2.05, 4.69) is 20.8 Å². The van der Waals surface area contributed by atoms with Crippen LogP contribution < -0.4 is 0 Å². The minimum Gasteiger partial charge on any atom is -0.385 e. The zero-order valence-corrected chi connectivity index (χ0v) is 16.4. The van der Waals surface area contributed by atoms with Crippen molar-refractivity contribution in [1.29, 1.82) is 0 Å². The molecule has 5 nitrogen and oxygen atoms in total. The minimum absolute atomic E-state index is 0.0787. The van der Waals surface area contributed by atoms with E-state index in [0.29, 0.717) is 11.8 Å². The summed E-state index contributed by atoms with van der Waals surface area (Å²) in [7, 11) is 1.75. The molecule has 0 aromatic rings. The summed E-state index contributed by atoms with van der Waals surface area (Å²) < 4.78 is 16.8. The maximum Gasteiger partial charge on any atom is 0.229 e. The molecule has 0 spiro atoms. The summed E-state index contributed by atoms with van der Waals surface area (Å²) >= 11 is 0. The number of nitrogens with zero attached hydrogens (tertiary/aromatic N) is 1. The zero-order valence-electron chi connectivity index (χ0n) is 16.4. The van der Waals surface area contributed by atoms with E-state index >= 15 is 0 Å². The highest BCUT2D eigenvalue weighted by atomic mass is 16.5. The number of hydrogen-bond acceptors (Lipinski definition) is 4. The van der Waals surface area contributed by atoms with Gasteiger partial charge >= 0.3 is 0 Å². The Kier molecular flexibility index (Phi) is 5.76. The highest BCUT2D eigenvalue weighted by molar-refractivity contribution is 5.87. The van der Waals surface area contributed by atoms with Crippen LogP contribution in [-0.4, -0.2) is 63.0 Å². The molecule has 0 radical (unpaired) electrons. The fraction of sp³-hybridized carbons (Fsp3) is 0.950. The minimum atomic E-state index is -0.0787. The van der Waals surface area contributed by atoms with Crippen LogP contribution in [-0.2, 0) is 19.0 Å². The molecule has 4 fully saturated rings. The summed E-state index contributed by atoms with van der Waals surface area (Å²) in [6.45, 7) is 10.4. The monoisotopic (exact) mass is 353 g/mol. The molecule has 2 bridgehead atoms. The van der Waals surface area contributed by atoms with Crippen LogP contribution in [0.1, 0.15) is 52.9 Å². The van der Waals surface area contributed by atoms with Gasteiger partial charge in [-0.15, -0.1) is 0 Å². The average Bonchev–Trinajstić information content (AvgIpc) is 2.50. The van der Waals surface area contributed by atoms with E-state index in [1.54, 1.807) is 7.11 Å². The SMILES string of the molecule is COCCCCCOCC12CC(C(=O)N3CC(OC(C)C)C3)(C1)[C@@H]2C. The van der Waals surface area contributed by atoms with Crippen LogP contribution in [0.25, 0.3) is 0 Å². The second kappa shape index (κ2) is 7.53. The summed E-state index contributed by atoms with van der Waals surface area (Å²) in [5.74, 6) is 0.830. The maximum absolute atomic E-state index is 12.8. The van der Waals surface area contributed by atoms with Crippen molar-refractivity contribution >= 4 is 5.91 Å². The molecule has 0 aromatic heterocycles. The lowest BCUT2D eigenvalue weighted by Gasteiger charge is -2.75. The summed E-state index contributed by atoms with van der Waals surface area (Å²) in [6.07, 6.45) is 5.89.